The average molecular weight is 360 g/mol. The van der Waals surface area contributed by atoms with Crippen molar-refractivity contribution in [1.29, 1.82) is 0 Å². The second-order valence-corrected chi connectivity index (χ2v) is 6.52. The quantitative estimate of drug-likeness (QED) is 0.832. The lowest BCUT2D eigenvalue weighted by Crippen LogP contribution is -2.23. The molecule has 1 aromatic heterocycles. The molecule has 1 heterocycles. The molecule has 1 aromatic carbocycles. The summed E-state index contributed by atoms with van der Waals surface area (Å²) < 4.78 is 0.935. The van der Waals surface area contributed by atoms with Crippen molar-refractivity contribution in [3.8, 4) is 0 Å². The van der Waals surface area contributed by atoms with Gasteiger partial charge in [0.1, 0.15) is 0 Å². The fourth-order valence-electron chi connectivity index (χ4n) is 2.00. The van der Waals surface area contributed by atoms with Crippen molar-refractivity contribution in [3.05, 3.63) is 49.3 Å². The van der Waals surface area contributed by atoms with Crippen molar-refractivity contribution in [1.82, 2.24) is 10.3 Å². The van der Waals surface area contributed by atoms with E-state index in [2.05, 4.69) is 44.6 Å². The number of rotatable bonds is 5. The van der Waals surface area contributed by atoms with E-state index in [-0.39, 0.29) is 6.04 Å². The highest BCUT2D eigenvalue weighted by atomic mass is 79.9. The third-order valence-electron chi connectivity index (χ3n) is 2.85. The third-order valence-corrected chi connectivity index (χ3v) is 5.15. The first-order valence-corrected chi connectivity index (χ1v) is 8.25. The maximum Gasteiger partial charge on any atom is 0.0947 e. The van der Waals surface area contributed by atoms with Crippen molar-refractivity contribution in [2.45, 2.75) is 26.3 Å². The van der Waals surface area contributed by atoms with Crippen molar-refractivity contribution in [2.75, 3.05) is 6.54 Å². The molecular formula is C14H16BrClN2S. The summed E-state index contributed by atoms with van der Waals surface area (Å²) in [5, 5.41) is 7.49. The second kappa shape index (κ2) is 6.84. The first kappa shape index (κ1) is 15.0. The number of benzene rings is 1. The van der Waals surface area contributed by atoms with Gasteiger partial charge in [-0.3, -0.25) is 0 Å². The van der Waals surface area contributed by atoms with Crippen LogP contribution in [0.4, 0.5) is 0 Å². The maximum atomic E-state index is 6.39. The Kier molecular flexibility index (Phi) is 5.39. The summed E-state index contributed by atoms with van der Waals surface area (Å²) in [5.41, 5.74) is 2.20. The summed E-state index contributed by atoms with van der Waals surface area (Å²) in [5.74, 6) is 0. The number of hydrogen-bond donors (Lipinski definition) is 1. The van der Waals surface area contributed by atoms with Crippen LogP contribution in [0.15, 0.2) is 28.1 Å². The van der Waals surface area contributed by atoms with Crippen molar-refractivity contribution in [3.63, 3.8) is 0 Å². The normalized spacial score (nSPS) is 12.6. The number of aromatic nitrogens is 1. The largest absolute Gasteiger partial charge is 0.310 e. The molecule has 1 atom stereocenters. The summed E-state index contributed by atoms with van der Waals surface area (Å²) in [6, 6.07) is 6.24. The topological polar surface area (TPSA) is 24.9 Å². The zero-order valence-corrected chi connectivity index (χ0v) is 14.1. The van der Waals surface area contributed by atoms with Gasteiger partial charge in [-0.15, -0.1) is 11.3 Å². The number of nitrogens with zero attached hydrogens (tertiary/aromatic N) is 1. The maximum absolute atomic E-state index is 6.39. The highest BCUT2D eigenvalue weighted by molar-refractivity contribution is 9.10. The smallest absolute Gasteiger partial charge is 0.0947 e. The molecule has 0 fully saturated rings. The van der Waals surface area contributed by atoms with Crippen LogP contribution in [0.1, 0.15) is 29.2 Å². The van der Waals surface area contributed by atoms with E-state index in [0.29, 0.717) is 0 Å². The summed E-state index contributed by atoms with van der Waals surface area (Å²) in [6.45, 7) is 5.03. The fourth-order valence-corrected chi connectivity index (χ4v) is 3.46. The minimum absolute atomic E-state index is 0.195. The lowest BCUT2D eigenvalue weighted by atomic mass is 10.0. The molecule has 0 saturated carbocycles. The van der Waals surface area contributed by atoms with Crippen LogP contribution in [0.3, 0.4) is 0 Å². The van der Waals surface area contributed by atoms with E-state index < -0.39 is 0 Å². The van der Waals surface area contributed by atoms with E-state index in [1.807, 2.05) is 19.1 Å². The molecule has 0 bridgehead atoms. The highest BCUT2D eigenvalue weighted by Crippen LogP contribution is 2.32. The first-order chi connectivity index (χ1) is 9.11. The predicted molar refractivity (Wildman–Crippen MR) is 86.1 cm³/mol. The van der Waals surface area contributed by atoms with Crippen LogP contribution >= 0.6 is 38.9 Å². The predicted octanol–water partition coefficient (Wildman–Crippen LogP) is 4.76. The molecule has 0 aliphatic carbocycles. The number of halogens is 2. The van der Waals surface area contributed by atoms with E-state index in [9.17, 15) is 0 Å². The van der Waals surface area contributed by atoms with Crippen molar-refractivity contribution < 1.29 is 0 Å². The van der Waals surface area contributed by atoms with Gasteiger partial charge in [0.25, 0.3) is 0 Å². The monoisotopic (exact) mass is 358 g/mol. The summed E-state index contributed by atoms with van der Waals surface area (Å²) in [7, 11) is 0. The Labute approximate surface area is 131 Å². The van der Waals surface area contributed by atoms with Crippen LogP contribution in [0, 0.1) is 6.92 Å². The SMILES string of the molecule is CCNC(Cc1nc(C)cs1)c1cccc(Br)c1Cl. The third kappa shape index (κ3) is 3.78. The standard InChI is InChI=1S/C14H16BrClN2S/c1-3-17-12(7-13-18-9(2)8-19-13)10-5-4-6-11(15)14(10)16/h4-6,8,12,17H,3,7H2,1-2H3. The van der Waals surface area contributed by atoms with E-state index in [1.165, 1.54) is 0 Å². The molecule has 1 unspecified atom stereocenters. The molecule has 0 spiro atoms. The zero-order chi connectivity index (χ0) is 13.8. The molecule has 2 nitrogen and oxygen atoms in total. The van der Waals surface area contributed by atoms with Gasteiger partial charge in [0.2, 0.25) is 0 Å². The highest BCUT2D eigenvalue weighted by Gasteiger charge is 2.17. The Bertz CT molecular complexity index is 556. The van der Waals surface area contributed by atoms with Gasteiger partial charge >= 0.3 is 0 Å². The summed E-state index contributed by atoms with van der Waals surface area (Å²) in [6.07, 6.45) is 0.864. The molecule has 0 radical (unpaired) electrons. The molecule has 2 rings (SSSR count). The number of likely N-dealkylation sites (N-methyl/N-ethyl adjacent to an activating group) is 1. The zero-order valence-electron chi connectivity index (χ0n) is 10.9. The number of nitrogens with one attached hydrogen (secondary N) is 1. The number of thiazole rings is 1. The van der Waals surface area contributed by atoms with Gasteiger partial charge in [0.05, 0.1) is 10.0 Å². The van der Waals surface area contributed by atoms with Crippen LogP contribution < -0.4 is 5.32 Å². The minimum atomic E-state index is 0.195. The Morgan fingerprint density at radius 1 is 1.47 bits per heavy atom. The van der Waals surface area contributed by atoms with Gasteiger partial charge in [0.15, 0.2) is 0 Å². The van der Waals surface area contributed by atoms with E-state index >= 15 is 0 Å². The molecule has 102 valence electrons. The fraction of sp³-hybridized carbons (Fsp3) is 0.357. The minimum Gasteiger partial charge on any atom is -0.310 e. The van der Waals surface area contributed by atoms with Crippen LogP contribution in [-0.2, 0) is 6.42 Å². The van der Waals surface area contributed by atoms with Crippen molar-refractivity contribution >= 4 is 38.9 Å². The molecule has 5 heteroatoms. The van der Waals surface area contributed by atoms with Gasteiger partial charge in [-0.2, -0.15) is 0 Å². The Hall–Kier alpha value is -0.420. The molecule has 0 aliphatic heterocycles. The van der Waals surface area contributed by atoms with Gasteiger partial charge in [-0.05, 0) is 41.0 Å². The molecule has 1 N–H and O–H groups in total. The number of hydrogen-bond acceptors (Lipinski definition) is 3. The molecule has 0 saturated heterocycles. The number of aryl methyl sites for hydroxylation is 1. The van der Waals surface area contributed by atoms with E-state index in [4.69, 9.17) is 11.6 Å². The average Bonchev–Trinajstić information content (AvgIpc) is 2.78. The molecule has 19 heavy (non-hydrogen) atoms. The van der Waals surface area contributed by atoms with Gasteiger partial charge < -0.3 is 5.32 Å². The van der Waals surface area contributed by atoms with Gasteiger partial charge in [-0.1, -0.05) is 30.7 Å². The van der Waals surface area contributed by atoms with Crippen LogP contribution in [0.2, 0.25) is 5.02 Å². The molecular weight excluding hydrogens is 344 g/mol. The first-order valence-electron chi connectivity index (χ1n) is 6.20. The molecule has 0 amide bonds. The van der Waals surface area contributed by atoms with Gasteiger partial charge in [-0.25, -0.2) is 4.98 Å². The molecule has 0 aliphatic rings. The van der Waals surface area contributed by atoms with Crippen molar-refractivity contribution in [2.24, 2.45) is 0 Å². The second-order valence-electron chi connectivity index (χ2n) is 4.34. The summed E-state index contributed by atoms with van der Waals surface area (Å²) in [4.78, 5) is 4.53. The van der Waals surface area contributed by atoms with E-state index in [0.717, 1.165) is 38.7 Å². The van der Waals surface area contributed by atoms with E-state index in [1.54, 1.807) is 11.3 Å². The lowest BCUT2D eigenvalue weighted by Gasteiger charge is -2.19. The van der Waals surface area contributed by atoms with Gasteiger partial charge in [0, 0.05) is 28.0 Å². The Morgan fingerprint density at radius 3 is 2.89 bits per heavy atom. The summed E-state index contributed by atoms with van der Waals surface area (Å²) >= 11 is 11.6. The molecule has 2 aromatic rings. The van der Waals surface area contributed by atoms with Crippen LogP contribution in [0.25, 0.3) is 0 Å². The van der Waals surface area contributed by atoms with Crippen LogP contribution in [0.5, 0.6) is 0 Å². The lowest BCUT2D eigenvalue weighted by molar-refractivity contribution is 0.548. The van der Waals surface area contributed by atoms with Crippen LogP contribution in [-0.4, -0.2) is 11.5 Å². The Morgan fingerprint density at radius 2 is 2.26 bits per heavy atom. The Balaban J connectivity index is 2.26.